The van der Waals surface area contributed by atoms with Gasteiger partial charge in [-0.1, -0.05) is 0 Å². The number of ether oxygens (including phenoxy) is 1. The SMILES string of the molecule is CCOC(=O)CS(=O)(=O)N1CCC[C@H](C(=O)O)C1. The fraction of sp³-hybridized carbons (Fsp3) is 0.800. The van der Waals surface area contributed by atoms with Crippen LogP contribution in [0.5, 0.6) is 0 Å². The maximum Gasteiger partial charge on any atom is 0.322 e. The average Bonchev–Trinajstić information content (AvgIpc) is 2.28. The summed E-state index contributed by atoms with van der Waals surface area (Å²) in [4.78, 5) is 22.0. The maximum atomic E-state index is 11.9. The first-order valence-electron chi connectivity index (χ1n) is 5.73. The molecule has 1 atom stereocenters. The topological polar surface area (TPSA) is 101 Å². The molecule has 0 spiro atoms. The van der Waals surface area contributed by atoms with Crippen LogP contribution in [0.15, 0.2) is 0 Å². The highest BCUT2D eigenvalue weighted by Crippen LogP contribution is 2.19. The minimum absolute atomic E-state index is 0.0723. The molecule has 0 aromatic heterocycles. The van der Waals surface area contributed by atoms with Crippen LogP contribution in [0.4, 0.5) is 0 Å². The summed E-state index contributed by atoms with van der Waals surface area (Å²) in [5.74, 6) is -3.25. The van der Waals surface area contributed by atoms with Crippen molar-refractivity contribution in [2.45, 2.75) is 19.8 Å². The summed E-state index contributed by atoms with van der Waals surface area (Å²) in [6, 6.07) is 0. The number of piperidine rings is 1. The van der Waals surface area contributed by atoms with Crippen LogP contribution in [0.1, 0.15) is 19.8 Å². The molecule has 0 saturated carbocycles. The van der Waals surface area contributed by atoms with Crippen LogP contribution in [0.3, 0.4) is 0 Å². The van der Waals surface area contributed by atoms with Crippen molar-refractivity contribution >= 4 is 22.0 Å². The van der Waals surface area contributed by atoms with E-state index in [2.05, 4.69) is 4.74 Å². The molecule has 1 aliphatic rings. The summed E-state index contributed by atoms with van der Waals surface area (Å²) in [6.07, 6.45) is 0.944. The van der Waals surface area contributed by atoms with Crippen LogP contribution in [0, 0.1) is 5.92 Å². The lowest BCUT2D eigenvalue weighted by Gasteiger charge is -2.29. The number of carboxylic acid groups (broad SMARTS) is 1. The summed E-state index contributed by atoms with van der Waals surface area (Å²) >= 11 is 0. The number of aliphatic carboxylic acids is 1. The zero-order chi connectivity index (χ0) is 13.8. The Morgan fingerprint density at radius 2 is 2.11 bits per heavy atom. The first kappa shape index (κ1) is 14.9. The standard InChI is InChI=1S/C10H17NO6S/c1-2-17-9(12)7-18(15,16)11-5-3-4-8(6-11)10(13)14/h8H,2-7H2,1H3,(H,13,14)/t8-/m0/s1. The Morgan fingerprint density at radius 3 is 2.67 bits per heavy atom. The summed E-state index contributed by atoms with van der Waals surface area (Å²) < 4.78 is 29.4. The lowest BCUT2D eigenvalue weighted by atomic mass is 10.0. The van der Waals surface area contributed by atoms with E-state index in [0.29, 0.717) is 12.8 Å². The zero-order valence-electron chi connectivity index (χ0n) is 10.2. The highest BCUT2D eigenvalue weighted by molar-refractivity contribution is 7.89. The van der Waals surface area contributed by atoms with Gasteiger partial charge in [-0.2, -0.15) is 0 Å². The number of esters is 1. The fourth-order valence-electron chi connectivity index (χ4n) is 1.84. The van der Waals surface area contributed by atoms with Crippen molar-refractivity contribution in [3.63, 3.8) is 0 Å². The van der Waals surface area contributed by atoms with Gasteiger partial charge in [0, 0.05) is 13.1 Å². The molecule has 1 saturated heterocycles. The van der Waals surface area contributed by atoms with Crippen molar-refractivity contribution in [2.75, 3.05) is 25.4 Å². The number of sulfonamides is 1. The molecule has 0 radical (unpaired) electrons. The third kappa shape index (κ3) is 3.95. The van der Waals surface area contributed by atoms with E-state index in [4.69, 9.17) is 5.11 Å². The zero-order valence-corrected chi connectivity index (χ0v) is 11.0. The lowest BCUT2D eigenvalue weighted by Crippen LogP contribution is -2.44. The van der Waals surface area contributed by atoms with Gasteiger partial charge in [0.2, 0.25) is 10.0 Å². The first-order chi connectivity index (χ1) is 8.36. The van der Waals surface area contributed by atoms with E-state index in [9.17, 15) is 18.0 Å². The van der Waals surface area contributed by atoms with Crippen LogP contribution in [0.25, 0.3) is 0 Å². The van der Waals surface area contributed by atoms with Crippen molar-refractivity contribution in [3.8, 4) is 0 Å². The maximum absolute atomic E-state index is 11.9. The third-order valence-corrected chi connectivity index (χ3v) is 4.45. The average molecular weight is 279 g/mol. The van der Waals surface area contributed by atoms with E-state index < -0.39 is 33.6 Å². The quantitative estimate of drug-likeness (QED) is 0.692. The van der Waals surface area contributed by atoms with Gasteiger partial charge in [0.1, 0.15) is 0 Å². The van der Waals surface area contributed by atoms with Crippen molar-refractivity contribution in [1.82, 2.24) is 4.31 Å². The van der Waals surface area contributed by atoms with Gasteiger partial charge in [-0.25, -0.2) is 12.7 Å². The Balaban J connectivity index is 2.67. The first-order valence-corrected chi connectivity index (χ1v) is 7.34. The van der Waals surface area contributed by atoms with E-state index in [0.717, 1.165) is 4.31 Å². The molecule has 18 heavy (non-hydrogen) atoms. The summed E-state index contributed by atoms with van der Waals surface area (Å²) in [5.41, 5.74) is 0. The Kier molecular flexibility index (Phi) is 5.09. The number of rotatable bonds is 5. The minimum Gasteiger partial charge on any atom is -0.481 e. The van der Waals surface area contributed by atoms with Gasteiger partial charge in [0.05, 0.1) is 12.5 Å². The number of carbonyl (C=O) groups is 2. The summed E-state index contributed by atoms with van der Waals surface area (Å²) in [5, 5.41) is 8.87. The van der Waals surface area contributed by atoms with E-state index in [1.807, 2.05) is 0 Å². The van der Waals surface area contributed by atoms with Crippen molar-refractivity contribution in [2.24, 2.45) is 5.92 Å². The second-order valence-electron chi connectivity index (χ2n) is 4.10. The van der Waals surface area contributed by atoms with Crippen molar-refractivity contribution in [1.29, 1.82) is 0 Å². The highest BCUT2D eigenvalue weighted by Gasteiger charge is 2.33. The highest BCUT2D eigenvalue weighted by atomic mass is 32.2. The summed E-state index contributed by atoms with van der Waals surface area (Å²) in [7, 11) is -3.78. The molecule has 7 nitrogen and oxygen atoms in total. The van der Waals surface area contributed by atoms with Gasteiger partial charge in [-0.05, 0) is 19.8 Å². The van der Waals surface area contributed by atoms with Gasteiger partial charge in [-0.3, -0.25) is 9.59 Å². The van der Waals surface area contributed by atoms with E-state index in [1.54, 1.807) is 6.92 Å². The molecular formula is C10H17NO6S. The normalized spacial score (nSPS) is 21.5. The van der Waals surface area contributed by atoms with Crippen LogP contribution < -0.4 is 0 Å². The molecule has 0 bridgehead atoms. The molecule has 8 heteroatoms. The minimum atomic E-state index is -3.78. The molecule has 104 valence electrons. The van der Waals surface area contributed by atoms with E-state index in [-0.39, 0.29) is 19.7 Å². The number of hydrogen-bond acceptors (Lipinski definition) is 5. The molecule has 1 heterocycles. The Morgan fingerprint density at radius 1 is 1.44 bits per heavy atom. The van der Waals surface area contributed by atoms with Crippen molar-refractivity contribution in [3.05, 3.63) is 0 Å². The molecule has 0 aromatic carbocycles. The number of carbonyl (C=O) groups excluding carboxylic acids is 1. The van der Waals surface area contributed by atoms with Crippen LogP contribution in [0.2, 0.25) is 0 Å². The number of hydrogen-bond donors (Lipinski definition) is 1. The van der Waals surface area contributed by atoms with Gasteiger partial charge < -0.3 is 9.84 Å². The van der Waals surface area contributed by atoms with E-state index in [1.165, 1.54) is 0 Å². The molecule has 1 rings (SSSR count). The molecule has 1 fully saturated rings. The number of carboxylic acids is 1. The fourth-order valence-corrected chi connectivity index (χ4v) is 3.22. The molecule has 0 amide bonds. The van der Waals surface area contributed by atoms with Crippen LogP contribution in [-0.4, -0.2) is 55.2 Å². The van der Waals surface area contributed by atoms with Gasteiger partial charge in [0.15, 0.2) is 5.75 Å². The monoisotopic (exact) mass is 279 g/mol. The second kappa shape index (κ2) is 6.14. The number of nitrogens with zero attached hydrogens (tertiary/aromatic N) is 1. The largest absolute Gasteiger partial charge is 0.481 e. The van der Waals surface area contributed by atoms with Crippen LogP contribution >= 0.6 is 0 Å². The van der Waals surface area contributed by atoms with Crippen LogP contribution in [-0.2, 0) is 24.3 Å². The van der Waals surface area contributed by atoms with Gasteiger partial charge >= 0.3 is 11.9 Å². The smallest absolute Gasteiger partial charge is 0.322 e. The predicted molar refractivity (Wildman–Crippen MR) is 62.4 cm³/mol. The molecule has 0 aromatic rings. The Bertz CT molecular complexity index is 418. The molecule has 0 aliphatic carbocycles. The van der Waals surface area contributed by atoms with Gasteiger partial charge in [0.25, 0.3) is 0 Å². The Hall–Kier alpha value is -1.15. The predicted octanol–water partition coefficient (Wildman–Crippen LogP) is -0.324. The molecule has 0 unspecified atom stereocenters. The molecule has 1 aliphatic heterocycles. The third-order valence-electron chi connectivity index (χ3n) is 2.73. The second-order valence-corrected chi connectivity index (χ2v) is 6.07. The Labute approximate surface area is 106 Å². The molecule has 1 N–H and O–H groups in total. The van der Waals surface area contributed by atoms with E-state index >= 15 is 0 Å². The summed E-state index contributed by atoms with van der Waals surface area (Å²) in [6.45, 7) is 1.89. The lowest BCUT2D eigenvalue weighted by molar-refractivity contribution is -0.143. The van der Waals surface area contributed by atoms with Crippen molar-refractivity contribution < 1.29 is 27.9 Å². The van der Waals surface area contributed by atoms with Gasteiger partial charge in [-0.15, -0.1) is 0 Å². The molecular weight excluding hydrogens is 262 g/mol.